The normalized spacial score (nSPS) is 10.0. The van der Waals surface area contributed by atoms with E-state index in [-0.39, 0.29) is 19.6 Å². The highest BCUT2D eigenvalue weighted by Gasteiger charge is 2.02. The van der Waals surface area contributed by atoms with Crippen molar-refractivity contribution in [3.05, 3.63) is 127 Å². The van der Waals surface area contributed by atoms with Gasteiger partial charge in [-0.25, -0.2) is 0 Å². The van der Waals surface area contributed by atoms with E-state index in [1.54, 1.807) is 24.3 Å². The zero-order valence-corrected chi connectivity index (χ0v) is 28.5. The Bertz CT molecular complexity index is 1580. The standard InChI is InChI=1S/C16H13BrClN.C9H9ClO2.C6H7BrN2.C2H6O2/c17-13-4-8-16-12(9-13)10-15(19-16)7-3-11-1-5-14(18)6-2-11;10-8-4-1-7(2-5-8)3-6-9(11)12;7-4-1-2-5(8)6(9)3-4;3-1-2-4/h1-2,4-6,8-10,19H,3,7H2;1-2,4-5H,3,6H2,(H,11,12);1-3H,8-9H2;3-4H,1-2H2. The van der Waals surface area contributed by atoms with Crippen LogP contribution in [0, 0.1) is 0 Å². The van der Waals surface area contributed by atoms with E-state index >= 15 is 0 Å². The van der Waals surface area contributed by atoms with Crippen molar-refractivity contribution in [2.45, 2.75) is 25.7 Å². The molecule has 0 saturated heterocycles. The van der Waals surface area contributed by atoms with Gasteiger partial charge >= 0.3 is 5.97 Å². The molecule has 44 heavy (non-hydrogen) atoms. The molecule has 0 fully saturated rings. The highest BCUT2D eigenvalue weighted by Crippen LogP contribution is 2.22. The van der Waals surface area contributed by atoms with Gasteiger partial charge in [-0.2, -0.15) is 0 Å². The Hall–Kier alpha value is -3.05. The first-order valence-corrected chi connectivity index (χ1v) is 15.8. The molecular formula is C33H35Br2Cl2N3O4. The van der Waals surface area contributed by atoms with Crippen molar-refractivity contribution in [2.75, 3.05) is 24.7 Å². The molecule has 234 valence electrons. The number of aliphatic hydroxyl groups excluding tert-OH is 2. The minimum absolute atomic E-state index is 0.125. The fraction of sp³-hybridized carbons (Fsp3) is 0.182. The first-order chi connectivity index (χ1) is 21.0. The van der Waals surface area contributed by atoms with Gasteiger partial charge in [0, 0.05) is 42.0 Å². The number of fused-ring (bicyclic) bond motifs is 1. The average Bonchev–Trinajstić information content (AvgIpc) is 3.41. The van der Waals surface area contributed by atoms with Crippen LogP contribution in [0.25, 0.3) is 10.9 Å². The smallest absolute Gasteiger partial charge is 0.303 e. The Morgan fingerprint density at radius 1 is 0.682 bits per heavy atom. The molecule has 0 atom stereocenters. The number of nitrogens with one attached hydrogen (secondary N) is 1. The van der Waals surface area contributed by atoms with Crippen LogP contribution in [0.4, 0.5) is 11.4 Å². The molecule has 5 aromatic rings. The zero-order chi connectivity index (χ0) is 32.5. The lowest BCUT2D eigenvalue weighted by atomic mass is 10.1. The third-order valence-corrected chi connectivity index (χ3v) is 7.41. The average molecular weight is 768 g/mol. The van der Waals surface area contributed by atoms with Crippen molar-refractivity contribution in [1.82, 2.24) is 4.98 Å². The molecule has 7 nitrogen and oxygen atoms in total. The predicted molar refractivity (Wildman–Crippen MR) is 189 cm³/mol. The van der Waals surface area contributed by atoms with Crippen molar-refractivity contribution in [2.24, 2.45) is 0 Å². The SMILES string of the molecule is Clc1ccc(CCc2cc3cc(Br)ccc3[nH]2)cc1.Nc1ccc(Br)cc1N.O=C(O)CCc1ccc(Cl)cc1.OCCO. The highest BCUT2D eigenvalue weighted by atomic mass is 79.9. The summed E-state index contributed by atoms with van der Waals surface area (Å²) in [5.74, 6) is -0.773. The Balaban J connectivity index is 0.000000232. The van der Waals surface area contributed by atoms with Crippen LogP contribution in [0.3, 0.4) is 0 Å². The lowest BCUT2D eigenvalue weighted by molar-refractivity contribution is -0.136. The van der Waals surface area contributed by atoms with Gasteiger partial charge in [-0.1, -0.05) is 79.3 Å². The minimum atomic E-state index is -0.773. The number of aromatic amines is 1. The van der Waals surface area contributed by atoms with Gasteiger partial charge < -0.3 is 31.8 Å². The summed E-state index contributed by atoms with van der Waals surface area (Å²) in [4.78, 5) is 13.7. The van der Waals surface area contributed by atoms with Crippen LogP contribution in [-0.4, -0.2) is 39.5 Å². The van der Waals surface area contributed by atoms with Crippen LogP contribution >= 0.6 is 55.1 Å². The highest BCUT2D eigenvalue weighted by molar-refractivity contribution is 9.10. The summed E-state index contributed by atoms with van der Waals surface area (Å²) in [6.45, 7) is -0.250. The maximum Gasteiger partial charge on any atom is 0.303 e. The van der Waals surface area contributed by atoms with Gasteiger partial charge in [0.1, 0.15) is 0 Å². The monoisotopic (exact) mass is 765 g/mol. The van der Waals surface area contributed by atoms with Gasteiger partial charge in [-0.15, -0.1) is 0 Å². The molecule has 5 rings (SSSR count). The van der Waals surface area contributed by atoms with Crippen molar-refractivity contribution in [3.63, 3.8) is 0 Å². The summed E-state index contributed by atoms with van der Waals surface area (Å²) in [6.07, 6.45) is 2.76. The van der Waals surface area contributed by atoms with Gasteiger partial charge in [0.05, 0.1) is 24.6 Å². The number of aliphatic hydroxyl groups is 2. The Kier molecular flexibility index (Phi) is 16.9. The Labute approximate surface area is 284 Å². The molecule has 8 N–H and O–H groups in total. The molecule has 1 heterocycles. The van der Waals surface area contributed by atoms with E-state index in [4.69, 9.17) is 50.0 Å². The summed E-state index contributed by atoms with van der Waals surface area (Å²) >= 11 is 18.3. The van der Waals surface area contributed by atoms with Gasteiger partial charge in [-0.05, 0) is 97.1 Å². The van der Waals surface area contributed by atoms with E-state index in [0.717, 1.165) is 32.4 Å². The van der Waals surface area contributed by atoms with Crippen LogP contribution < -0.4 is 11.5 Å². The van der Waals surface area contributed by atoms with E-state index in [0.29, 0.717) is 22.8 Å². The predicted octanol–water partition coefficient (Wildman–Crippen LogP) is 8.31. The Morgan fingerprint density at radius 3 is 1.70 bits per heavy atom. The zero-order valence-electron chi connectivity index (χ0n) is 23.8. The lowest BCUT2D eigenvalue weighted by Crippen LogP contribution is -1.96. The molecule has 0 aliphatic carbocycles. The fourth-order valence-electron chi connectivity index (χ4n) is 3.68. The molecule has 0 radical (unpaired) electrons. The molecule has 0 aliphatic rings. The third-order valence-electron chi connectivity index (χ3n) is 5.92. The fourth-order valence-corrected chi connectivity index (χ4v) is 4.69. The van der Waals surface area contributed by atoms with Crippen molar-refractivity contribution in [3.8, 4) is 0 Å². The number of aromatic nitrogens is 1. The summed E-state index contributed by atoms with van der Waals surface area (Å²) in [6, 6.07) is 29.2. The summed E-state index contributed by atoms with van der Waals surface area (Å²) in [5, 5.41) is 26.4. The number of carbonyl (C=O) groups is 1. The quantitative estimate of drug-likeness (QED) is 0.0920. The van der Waals surface area contributed by atoms with Gasteiger partial charge in [0.15, 0.2) is 0 Å². The number of hydrogen-bond acceptors (Lipinski definition) is 5. The topological polar surface area (TPSA) is 146 Å². The molecule has 0 amide bonds. The van der Waals surface area contributed by atoms with E-state index in [1.807, 2.05) is 30.3 Å². The maximum atomic E-state index is 10.2. The number of carboxylic acid groups (broad SMARTS) is 1. The third kappa shape index (κ3) is 14.6. The van der Waals surface area contributed by atoms with Crippen LogP contribution in [0.15, 0.2) is 99.9 Å². The second-order valence-electron chi connectivity index (χ2n) is 9.39. The van der Waals surface area contributed by atoms with Crippen LogP contribution in [0.2, 0.25) is 10.0 Å². The molecule has 11 heteroatoms. The number of anilines is 2. The maximum absolute atomic E-state index is 10.2. The van der Waals surface area contributed by atoms with Crippen LogP contribution in [0.1, 0.15) is 23.2 Å². The van der Waals surface area contributed by atoms with Crippen LogP contribution in [-0.2, 0) is 24.1 Å². The van der Waals surface area contributed by atoms with Gasteiger partial charge in [-0.3, -0.25) is 4.79 Å². The molecule has 0 saturated carbocycles. The van der Waals surface area contributed by atoms with Gasteiger partial charge in [0.2, 0.25) is 0 Å². The number of aryl methyl sites for hydroxylation is 3. The molecule has 0 spiro atoms. The molecule has 0 unspecified atom stereocenters. The van der Waals surface area contributed by atoms with Crippen molar-refractivity contribution in [1.29, 1.82) is 0 Å². The second-order valence-corrected chi connectivity index (χ2v) is 12.1. The van der Waals surface area contributed by atoms with E-state index in [1.165, 1.54) is 22.2 Å². The number of halogens is 4. The molecule has 0 aliphatic heterocycles. The first kappa shape index (κ1) is 37.1. The Morgan fingerprint density at radius 2 is 1.20 bits per heavy atom. The van der Waals surface area contributed by atoms with Crippen LogP contribution in [0.5, 0.6) is 0 Å². The number of nitrogen functional groups attached to an aromatic ring is 2. The molecular weight excluding hydrogens is 733 g/mol. The number of carboxylic acids is 1. The van der Waals surface area contributed by atoms with Gasteiger partial charge in [0.25, 0.3) is 0 Å². The van der Waals surface area contributed by atoms with E-state index < -0.39 is 5.97 Å². The van der Waals surface area contributed by atoms with Crippen molar-refractivity contribution < 1.29 is 20.1 Å². The lowest BCUT2D eigenvalue weighted by Gasteiger charge is -2.00. The number of nitrogens with two attached hydrogens (primary N) is 2. The number of benzene rings is 4. The van der Waals surface area contributed by atoms with E-state index in [2.05, 4.69) is 73.2 Å². The first-order valence-electron chi connectivity index (χ1n) is 13.5. The number of hydrogen-bond donors (Lipinski definition) is 6. The summed E-state index contributed by atoms with van der Waals surface area (Å²) in [5.41, 5.74) is 16.9. The number of H-pyrrole nitrogens is 1. The van der Waals surface area contributed by atoms with E-state index in [9.17, 15) is 4.79 Å². The largest absolute Gasteiger partial charge is 0.481 e. The summed E-state index contributed by atoms with van der Waals surface area (Å²) in [7, 11) is 0. The number of aliphatic carboxylic acids is 1. The second kappa shape index (κ2) is 20.1. The molecule has 4 aromatic carbocycles. The molecule has 1 aromatic heterocycles. The molecule has 0 bridgehead atoms. The van der Waals surface area contributed by atoms with Crippen molar-refractivity contribution >= 4 is 83.3 Å². The summed E-state index contributed by atoms with van der Waals surface area (Å²) < 4.78 is 2.07. The minimum Gasteiger partial charge on any atom is -0.481 e. The number of rotatable bonds is 7.